The number of esters is 1. The predicted molar refractivity (Wildman–Crippen MR) is 69.6 cm³/mol. The van der Waals surface area contributed by atoms with Gasteiger partial charge in [-0.05, 0) is 30.0 Å². The molecule has 0 bridgehead atoms. The van der Waals surface area contributed by atoms with Crippen LogP contribution in [0.1, 0.15) is 30.6 Å². The smallest absolute Gasteiger partial charge is 0.305 e. The summed E-state index contributed by atoms with van der Waals surface area (Å²) < 4.78 is 5.55. The number of rotatable bonds is 4. The van der Waals surface area contributed by atoms with E-state index in [-0.39, 0.29) is 18.3 Å². The third kappa shape index (κ3) is 3.82. The van der Waals surface area contributed by atoms with Crippen molar-refractivity contribution in [1.82, 2.24) is 0 Å². The molecule has 1 aromatic carbocycles. The number of carbonyl (C=O) groups excluding carboxylic acids is 1. The molecule has 1 N–H and O–H groups in total. The van der Waals surface area contributed by atoms with Crippen LogP contribution in [0.4, 0.5) is 0 Å². The van der Waals surface area contributed by atoms with E-state index in [1.165, 1.54) is 7.11 Å². The van der Waals surface area contributed by atoms with Crippen LogP contribution in [0, 0.1) is 12.8 Å². The highest BCUT2D eigenvalue weighted by atomic mass is 79.9. The highest BCUT2D eigenvalue weighted by Crippen LogP contribution is 2.28. The first-order chi connectivity index (χ1) is 7.95. The largest absolute Gasteiger partial charge is 0.469 e. The predicted octanol–water partition coefficient (Wildman–Crippen LogP) is 2.99. The molecular formula is C13H17BrO3. The van der Waals surface area contributed by atoms with Crippen LogP contribution in [-0.2, 0) is 9.53 Å². The highest BCUT2D eigenvalue weighted by molar-refractivity contribution is 9.10. The standard InChI is InChI=1S/C13H17BrO3/c1-8-4-5-10(7-11(8)14)13(16)9(2)6-12(15)17-3/h4-5,7,9,13,16H,6H2,1-3H3. The van der Waals surface area contributed by atoms with E-state index in [0.29, 0.717) is 0 Å². The fourth-order valence-corrected chi connectivity index (χ4v) is 1.98. The molecule has 3 nitrogen and oxygen atoms in total. The van der Waals surface area contributed by atoms with E-state index < -0.39 is 6.10 Å². The van der Waals surface area contributed by atoms with Gasteiger partial charge in [-0.25, -0.2) is 0 Å². The maximum absolute atomic E-state index is 11.1. The molecule has 94 valence electrons. The quantitative estimate of drug-likeness (QED) is 0.870. The number of carbonyl (C=O) groups is 1. The van der Waals surface area contributed by atoms with Gasteiger partial charge in [0.1, 0.15) is 0 Å². The van der Waals surface area contributed by atoms with Gasteiger partial charge in [0.15, 0.2) is 0 Å². The van der Waals surface area contributed by atoms with Crippen LogP contribution >= 0.6 is 15.9 Å². The zero-order valence-corrected chi connectivity index (χ0v) is 11.8. The van der Waals surface area contributed by atoms with Crippen LogP contribution in [0.15, 0.2) is 22.7 Å². The first kappa shape index (κ1) is 14.2. The minimum absolute atomic E-state index is 0.169. The lowest BCUT2D eigenvalue weighted by atomic mass is 9.94. The maximum atomic E-state index is 11.1. The van der Waals surface area contributed by atoms with Gasteiger partial charge in [0, 0.05) is 4.47 Å². The van der Waals surface area contributed by atoms with Crippen molar-refractivity contribution in [1.29, 1.82) is 0 Å². The number of hydrogen-bond acceptors (Lipinski definition) is 3. The second-order valence-corrected chi connectivity index (χ2v) is 5.07. The van der Waals surface area contributed by atoms with Crippen molar-refractivity contribution in [2.45, 2.75) is 26.4 Å². The second kappa shape index (κ2) is 6.17. The average molecular weight is 301 g/mol. The molecule has 2 unspecified atom stereocenters. The normalized spacial score (nSPS) is 14.2. The Bertz CT molecular complexity index is 404. The van der Waals surface area contributed by atoms with E-state index in [1.807, 2.05) is 32.0 Å². The zero-order chi connectivity index (χ0) is 13.0. The number of methoxy groups -OCH3 is 1. The minimum atomic E-state index is -0.661. The lowest BCUT2D eigenvalue weighted by molar-refractivity contribution is -0.142. The summed E-state index contributed by atoms with van der Waals surface area (Å²) in [5.74, 6) is -0.472. The zero-order valence-electron chi connectivity index (χ0n) is 10.2. The van der Waals surface area contributed by atoms with Gasteiger partial charge in [-0.1, -0.05) is 35.0 Å². The summed E-state index contributed by atoms with van der Waals surface area (Å²) in [5.41, 5.74) is 1.92. The van der Waals surface area contributed by atoms with Gasteiger partial charge in [-0.2, -0.15) is 0 Å². The molecule has 1 rings (SSSR count). The van der Waals surface area contributed by atoms with Gasteiger partial charge < -0.3 is 9.84 Å². The van der Waals surface area contributed by atoms with Gasteiger partial charge in [0.25, 0.3) is 0 Å². The van der Waals surface area contributed by atoms with E-state index in [1.54, 1.807) is 0 Å². The topological polar surface area (TPSA) is 46.5 Å². The van der Waals surface area contributed by atoms with Crippen molar-refractivity contribution in [3.63, 3.8) is 0 Å². The van der Waals surface area contributed by atoms with Crippen LogP contribution < -0.4 is 0 Å². The number of aryl methyl sites for hydroxylation is 1. The van der Waals surface area contributed by atoms with E-state index in [2.05, 4.69) is 20.7 Å². The summed E-state index contributed by atoms with van der Waals surface area (Å²) in [4.78, 5) is 11.1. The van der Waals surface area contributed by atoms with E-state index >= 15 is 0 Å². The molecule has 0 aliphatic carbocycles. The number of hydrogen-bond donors (Lipinski definition) is 1. The molecule has 17 heavy (non-hydrogen) atoms. The van der Waals surface area contributed by atoms with Crippen molar-refractivity contribution in [2.75, 3.05) is 7.11 Å². The first-order valence-corrected chi connectivity index (χ1v) is 6.26. The number of aliphatic hydroxyl groups is 1. The Balaban J connectivity index is 2.77. The molecule has 4 heteroatoms. The molecule has 0 spiro atoms. The van der Waals surface area contributed by atoms with Crippen LogP contribution in [0.5, 0.6) is 0 Å². The number of halogens is 1. The molecule has 0 saturated heterocycles. The van der Waals surface area contributed by atoms with Crippen molar-refractivity contribution in [3.05, 3.63) is 33.8 Å². The molecule has 0 aromatic heterocycles. The van der Waals surface area contributed by atoms with E-state index in [4.69, 9.17) is 0 Å². The second-order valence-electron chi connectivity index (χ2n) is 4.21. The SMILES string of the molecule is COC(=O)CC(C)C(O)c1ccc(C)c(Br)c1. The molecule has 0 amide bonds. The first-order valence-electron chi connectivity index (χ1n) is 5.46. The molecule has 1 aromatic rings. The van der Waals surface area contributed by atoms with Gasteiger partial charge in [-0.15, -0.1) is 0 Å². The third-order valence-electron chi connectivity index (χ3n) is 2.79. The van der Waals surface area contributed by atoms with Crippen molar-refractivity contribution in [2.24, 2.45) is 5.92 Å². The lowest BCUT2D eigenvalue weighted by Crippen LogP contribution is -2.15. The van der Waals surface area contributed by atoms with Crippen LogP contribution in [0.25, 0.3) is 0 Å². The molecule has 2 atom stereocenters. The monoisotopic (exact) mass is 300 g/mol. The minimum Gasteiger partial charge on any atom is -0.469 e. The van der Waals surface area contributed by atoms with Crippen molar-refractivity contribution in [3.8, 4) is 0 Å². The number of ether oxygens (including phenoxy) is 1. The Hall–Kier alpha value is -0.870. The lowest BCUT2D eigenvalue weighted by Gasteiger charge is -2.18. The fourth-order valence-electron chi connectivity index (χ4n) is 1.58. The Morgan fingerprint density at radius 3 is 2.71 bits per heavy atom. The summed E-state index contributed by atoms with van der Waals surface area (Å²) >= 11 is 3.43. The van der Waals surface area contributed by atoms with E-state index in [9.17, 15) is 9.90 Å². The Kier molecular flexibility index (Phi) is 5.15. The Morgan fingerprint density at radius 1 is 1.53 bits per heavy atom. The summed E-state index contributed by atoms with van der Waals surface area (Å²) in [6.45, 7) is 3.81. The Labute approximate surface area is 110 Å². The molecule has 0 saturated carbocycles. The number of aliphatic hydroxyl groups excluding tert-OH is 1. The van der Waals surface area contributed by atoms with E-state index in [0.717, 1.165) is 15.6 Å². The van der Waals surface area contributed by atoms with Crippen molar-refractivity contribution < 1.29 is 14.6 Å². The van der Waals surface area contributed by atoms with Gasteiger partial charge in [0.2, 0.25) is 0 Å². The maximum Gasteiger partial charge on any atom is 0.305 e. The summed E-state index contributed by atoms with van der Waals surface area (Å²) in [7, 11) is 1.35. The van der Waals surface area contributed by atoms with Gasteiger partial charge >= 0.3 is 5.97 Å². The molecule has 0 radical (unpaired) electrons. The third-order valence-corrected chi connectivity index (χ3v) is 3.65. The molecule has 0 heterocycles. The van der Waals surface area contributed by atoms with Crippen LogP contribution in [0.3, 0.4) is 0 Å². The fraction of sp³-hybridized carbons (Fsp3) is 0.462. The summed E-state index contributed by atoms with van der Waals surface area (Å²) in [5, 5.41) is 10.1. The average Bonchev–Trinajstić information content (AvgIpc) is 2.31. The van der Waals surface area contributed by atoms with Gasteiger partial charge in [0.05, 0.1) is 19.6 Å². The van der Waals surface area contributed by atoms with Gasteiger partial charge in [-0.3, -0.25) is 4.79 Å². The van der Waals surface area contributed by atoms with Crippen molar-refractivity contribution >= 4 is 21.9 Å². The molecule has 0 fully saturated rings. The number of benzene rings is 1. The van der Waals surface area contributed by atoms with Crippen LogP contribution in [0.2, 0.25) is 0 Å². The Morgan fingerprint density at radius 2 is 2.18 bits per heavy atom. The summed E-state index contributed by atoms with van der Waals surface area (Å²) in [6, 6.07) is 5.69. The highest BCUT2D eigenvalue weighted by Gasteiger charge is 2.20. The molecular weight excluding hydrogens is 284 g/mol. The summed E-state index contributed by atoms with van der Waals surface area (Å²) in [6.07, 6.45) is -0.450. The molecule has 0 aliphatic heterocycles. The molecule has 0 aliphatic rings. The van der Waals surface area contributed by atoms with Crippen LogP contribution in [-0.4, -0.2) is 18.2 Å².